The lowest BCUT2D eigenvalue weighted by atomic mass is 10.2. The molecule has 0 saturated carbocycles. The summed E-state index contributed by atoms with van der Waals surface area (Å²) in [6, 6.07) is 9.95. The second-order valence-corrected chi connectivity index (χ2v) is 5.11. The van der Waals surface area contributed by atoms with Crippen LogP contribution in [0.4, 0.5) is 0 Å². The zero-order valence-corrected chi connectivity index (χ0v) is 11.5. The van der Waals surface area contributed by atoms with Crippen LogP contribution < -0.4 is 0 Å². The van der Waals surface area contributed by atoms with Crippen LogP contribution in [-0.2, 0) is 19.6 Å². The van der Waals surface area contributed by atoms with E-state index in [2.05, 4.69) is 20.0 Å². The van der Waals surface area contributed by atoms with Crippen molar-refractivity contribution in [3.8, 4) is 11.5 Å². The molecule has 21 heavy (non-hydrogen) atoms. The van der Waals surface area contributed by atoms with Gasteiger partial charge >= 0.3 is 0 Å². The Kier molecular flexibility index (Phi) is 3.01. The Morgan fingerprint density at radius 3 is 2.90 bits per heavy atom. The van der Waals surface area contributed by atoms with Gasteiger partial charge in [0.15, 0.2) is 0 Å². The molecule has 2 aromatic heterocycles. The molecular weight excluding hydrogens is 266 g/mol. The minimum Gasteiger partial charge on any atom is -0.440 e. The van der Waals surface area contributed by atoms with Gasteiger partial charge in [0.1, 0.15) is 17.9 Å². The van der Waals surface area contributed by atoms with Crippen LogP contribution in [0.25, 0.3) is 11.5 Å². The van der Waals surface area contributed by atoms with E-state index >= 15 is 0 Å². The summed E-state index contributed by atoms with van der Waals surface area (Å²) in [6.07, 6.45) is 3.42. The van der Waals surface area contributed by atoms with Gasteiger partial charge in [0.25, 0.3) is 0 Å². The fraction of sp³-hybridized carbons (Fsp3) is 0.267. The van der Waals surface area contributed by atoms with E-state index < -0.39 is 0 Å². The number of aromatic nitrogens is 4. The zero-order chi connectivity index (χ0) is 14.1. The molecule has 0 saturated heterocycles. The van der Waals surface area contributed by atoms with Crippen LogP contribution in [0.5, 0.6) is 0 Å². The van der Waals surface area contributed by atoms with Gasteiger partial charge in [-0.3, -0.25) is 4.90 Å². The fourth-order valence-corrected chi connectivity index (χ4v) is 2.56. The van der Waals surface area contributed by atoms with Crippen molar-refractivity contribution in [1.29, 1.82) is 0 Å². The van der Waals surface area contributed by atoms with Crippen LogP contribution >= 0.6 is 0 Å². The minimum absolute atomic E-state index is 0.672. The van der Waals surface area contributed by atoms with E-state index in [1.54, 1.807) is 6.33 Å². The quantitative estimate of drug-likeness (QED) is 0.734. The first-order chi connectivity index (χ1) is 10.4. The molecule has 0 aliphatic carbocycles. The third-order valence-electron chi connectivity index (χ3n) is 3.64. The number of hydrogen-bond donors (Lipinski definition) is 0. The predicted octanol–water partition coefficient (Wildman–Crippen LogP) is 1.95. The summed E-state index contributed by atoms with van der Waals surface area (Å²) in [4.78, 5) is 10.9. The Labute approximate surface area is 122 Å². The largest absolute Gasteiger partial charge is 0.440 e. The van der Waals surface area contributed by atoms with Gasteiger partial charge in [-0.25, -0.2) is 14.6 Å². The lowest BCUT2D eigenvalue weighted by molar-refractivity contribution is 0.188. The monoisotopic (exact) mass is 281 g/mol. The van der Waals surface area contributed by atoms with E-state index in [1.807, 2.05) is 41.2 Å². The SMILES string of the molecule is c1ccc(-c2ncc(CN3CCn4ncnc4C3)o2)cc1. The van der Waals surface area contributed by atoms with Crippen molar-refractivity contribution in [2.24, 2.45) is 0 Å². The van der Waals surface area contributed by atoms with Crippen molar-refractivity contribution in [3.05, 3.63) is 54.4 Å². The third kappa shape index (κ3) is 2.45. The minimum atomic E-state index is 0.672. The Morgan fingerprint density at radius 2 is 2.00 bits per heavy atom. The molecular formula is C15H15N5O. The van der Waals surface area contributed by atoms with E-state index in [1.165, 1.54) is 0 Å². The van der Waals surface area contributed by atoms with Crippen molar-refractivity contribution in [1.82, 2.24) is 24.6 Å². The van der Waals surface area contributed by atoms with E-state index in [4.69, 9.17) is 4.42 Å². The van der Waals surface area contributed by atoms with Crippen LogP contribution in [0.2, 0.25) is 0 Å². The molecule has 0 amide bonds. The van der Waals surface area contributed by atoms with Crippen molar-refractivity contribution in [3.63, 3.8) is 0 Å². The molecule has 3 heterocycles. The molecule has 0 atom stereocenters. The second-order valence-electron chi connectivity index (χ2n) is 5.11. The maximum atomic E-state index is 5.85. The van der Waals surface area contributed by atoms with Crippen LogP contribution in [0.1, 0.15) is 11.6 Å². The molecule has 0 radical (unpaired) electrons. The number of fused-ring (bicyclic) bond motifs is 1. The van der Waals surface area contributed by atoms with Crippen LogP contribution in [0.15, 0.2) is 47.3 Å². The molecule has 1 aromatic carbocycles. The van der Waals surface area contributed by atoms with Gasteiger partial charge < -0.3 is 4.42 Å². The Balaban J connectivity index is 1.48. The van der Waals surface area contributed by atoms with E-state index in [0.717, 1.165) is 43.3 Å². The van der Waals surface area contributed by atoms with Crippen molar-refractivity contribution in [2.45, 2.75) is 19.6 Å². The topological polar surface area (TPSA) is 60.0 Å². The predicted molar refractivity (Wildman–Crippen MR) is 76.1 cm³/mol. The highest BCUT2D eigenvalue weighted by atomic mass is 16.4. The first-order valence-electron chi connectivity index (χ1n) is 6.98. The summed E-state index contributed by atoms with van der Waals surface area (Å²) in [7, 11) is 0. The van der Waals surface area contributed by atoms with E-state index in [9.17, 15) is 0 Å². The number of hydrogen-bond acceptors (Lipinski definition) is 5. The van der Waals surface area contributed by atoms with Crippen LogP contribution in [0.3, 0.4) is 0 Å². The third-order valence-corrected chi connectivity index (χ3v) is 3.64. The van der Waals surface area contributed by atoms with Gasteiger partial charge in [0.05, 0.1) is 25.8 Å². The summed E-state index contributed by atoms with van der Waals surface area (Å²) >= 11 is 0. The molecule has 0 spiro atoms. The van der Waals surface area contributed by atoms with Gasteiger partial charge in [-0.05, 0) is 12.1 Å². The molecule has 1 aliphatic rings. The molecule has 0 bridgehead atoms. The van der Waals surface area contributed by atoms with Gasteiger partial charge in [-0.1, -0.05) is 18.2 Å². The Bertz CT molecular complexity index is 733. The molecule has 0 N–H and O–H groups in total. The summed E-state index contributed by atoms with van der Waals surface area (Å²) < 4.78 is 7.80. The fourth-order valence-electron chi connectivity index (χ4n) is 2.56. The summed E-state index contributed by atoms with van der Waals surface area (Å²) in [5.41, 5.74) is 1.00. The van der Waals surface area contributed by atoms with E-state index in [0.29, 0.717) is 5.89 Å². The molecule has 0 unspecified atom stereocenters. The Morgan fingerprint density at radius 1 is 1.10 bits per heavy atom. The van der Waals surface area contributed by atoms with Gasteiger partial charge in [-0.15, -0.1) is 0 Å². The van der Waals surface area contributed by atoms with Gasteiger partial charge in [0, 0.05) is 12.1 Å². The summed E-state index contributed by atoms with van der Waals surface area (Å²) in [5.74, 6) is 2.55. The lowest BCUT2D eigenvalue weighted by Crippen LogP contribution is -2.33. The highest BCUT2D eigenvalue weighted by molar-refractivity contribution is 5.52. The molecule has 1 aliphatic heterocycles. The number of rotatable bonds is 3. The average molecular weight is 281 g/mol. The zero-order valence-electron chi connectivity index (χ0n) is 11.5. The summed E-state index contributed by atoms with van der Waals surface area (Å²) in [5, 5.41) is 4.19. The summed E-state index contributed by atoms with van der Waals surface area (Å²) in [6.45, 7) is 3.35. The highest BCUT2D eigenvalue weighted by Crippen LogP contribution is 2.20. The molecule has 0 fully saturated rings. The first kappa shape index (κ1) is 12.3. The van der Waals surface area contributed by atoms with E-state index in [-0.39, 0.29) is 0 Å². The maximum Gasteiger partial charge on any atom is 0.226 e. The van der Waals surface area contributed by atoms with Crippen LogP contribution in [0, 0.1) is 0 Å². The van der Waals surface area contributed by atoms with Crippen molar-refractivity contribution < 1.29 is 4.42 Å². The van der Waals surface area contributed by atoms with Crippen molar-refractivity contribution in [2.75, 3.05) is 6.54 Å². The highest BCUT2D eigenvalue weighted by Gasteiger charge is 2.19. The second kappa shape index (κ2) is 5.14. The average Bonchev–Trinajstić information content (AvgIpc) is 3.17. The lowest BCUT2D eigenvalue weighted by Gasteiger charge is -2.25. The number of oxazole rings is 1. The normalized spacial score (nSPS) is 15.0. The maximum absolute atomic E-state index is 5.85. The molecule has 3 aromatic rings. The molecule has 6 heteroatoms. The smallest absolute Gasteiger partial charge is 0.226 e. The van der Waals surface area contributed by atoms with Crippen molar-refractivity contribution >= 4 is 0 Å². The standard InChI is InChI=1S/C15H15N5O/c1-2-4-12(5-3-1)15-16-8-13(21-15)9-19-6-7-20-14(10-19)17-11-18-20/h1-5,8,11H,6-7,9-10H2. The van der Waals surface area contributed by atoms with Gasteiger partial charge in [-0.2, -0.15) is 5.10 Å². The number of benzene rings is 1. The van der Waals surface area contributed by atoms with Gasteiger partial charge in [0.2, 0.25) is 5.89 Å². The molecule has 106 valence electrons. The Hall–Kier alpha value is -2.47. The van der Waals surface area contributed by atoms with Crippen LogP contribution in [-0.4, -0.2) is 31.2 Å². The molecule has 6 nitrogen and oxygen atoms in total. The first-order valence-corrected chi connectivity index (χ1v) is 6.98. The molecule has 4 rings (SSSR count). The number of nitrogens with zero attached hydrogens (tertiary/aromatic N) is 5.